The van der Waals surface area contributed by atoms with Gasteiger partial charge in [-0.2, -0.15) is 0 Å². The Hall–Kier alpha value is -1.02. The molecule has 2 heteroatoms. The molecule has 1 aromatic heterocycles. The van der Waals surface area contributed by atoms with Gasteiger partial charge in [0.15, 0.2) is 0 Å². The van der Waals surface area contributed by atoms with Gasteiger partial charge in [0.2, 0.25) is 0 Å². The van der Waals surface area contributed by atoms with Gasteiger partial charge < -0.3 is 10.3 Å². The molecule has 0 saturated carbocycles. The summed E-state index contributed by atoms with van der Waals surface area (Å²) in [6.45, 7) is 5.27. The second-order valence-corrected chi connectivity index (χ2v) is 2.48. The van der Waals surface area contributed by atoms with Gasteiger partial charge in [0.1, 0.15) is 0 Å². The fourth-order valence-electron chi connectivity index (χ4n) is 1.14. The molecule has 0 atom stereocenters. The van der Waals surface area contributed by atoms with E-state index in [1.165, 1.54) is 5.69 Å². The average molecular weight is 150 g/mol. The van der Waals surface area contributed by atoms with Crippen molar-refractivity contribution in [2.24, 2.45) is 5.73 Å². The van der Waals surface area contributed by atoms with E-state index >= 15 is 0 Å². The molecule has 0 unspecified atom stereocenters. The molecule has 60 valence electrons. The second kappa shape index (κ2) is 3.98. The average Bonchev–Trinajstić information content (AvgIpc) is 2.39. The first kappa shape index (κ1) is 8.08. The summed E-state index contributed by atoms with van der Waals surface area (Å²) >= 11 is 0. The van der Waals surface area contributed by atoms with Gasteiger partial charge in [-0.05, 0) is 25.1 Å². The van der Waals surface area contributed by atoms with Gasteiger partial charge in [-0.25, -0.2) is 0 Å². The van der Waals surface area contributed by atoms with E-state index in [1.54, 1.807) is 0 Å². The third-order valence-electron chi connectivity index (χ3n) is 1.65. The summed E-state index contributed by atoms with van der Waals surface area (Å²) in [4.78, 5) is 0. The van der Waals surface area contributed by atoms with Gasteiger partial charge >= 0.3 is 0 Å². The normalized spacial score (nSPS) is 9.91. The molecule has 0 aliphatic heterocycles. The van der Waals surface area contributed by atoms with E-state index in [0.29, 0.717) is 6.54 Å². The molecule has 1 heterocycles. The van der Waals surface area contributed by atoms with E-state index in [1.807, 2.05) is 18.3 Å². The number of aromatic nitrogens is 1. The number of hydrogen-bond donors (Lipinski definition) is 1. The molecule has 1 aromatic rings. The molecule has 0 fully saturated rings. The number of rotatable bonds is 4. The Morgan fingerprint density at radius 2 is 2.45 bits per heavy atom. The van der Waals surface area contributed by atoms with E-state index in [-0.39, 0.29) is 0 Å². The van der Waals surface area contributed by atoms with E-state index in [9.17, 15) is 0 Å². The first-order valence-corrected chi connectivity index (χ1v) is 3.83. The quantitative estimate of drug-likeness (QED) is 0.642. The number of nitrogens with zero attached hydrogens (tertiary/aromatic N) is 1. The molecule has 0 saturated heterocycles. The van der Waals surface area contributed by atoms with Gasteiger partial charge in [-0.15, -0.1) is 6.58 Å². The predicted molar refractivity (Wildman–Crippen MR) is 47.4 cm³/mol. The number of allylic oxidation sites excluding steroid dienone is 1. The van der Waals surface area contributed by atoms with Gasteiger partial charge in [0.25, 0.3) is 0 Å². The Bertz CT molecular complexity index is 225. The highest BCUT2D eigenvalue weighted by Crippen LogP contribution is 2.02. The first-order chi connectivity index (χ1) is 5.38. The van der Waals surface area contributed by atoms with Crippen molar-refractivity contribution in [3.63, 3.8) is 0 Å². The molecule has 1 rings (SSSR count). The van der Waals surface area contributed by atoms with Crippen LogP contribution in [-0.4, -0.2) is 11.1 Å². The Balaban J connectivity index is 2.69. The van der Waals surface area contributed by atoms with E-state index in [2.05, 4.69) is 17.2 Å². The van der Waals surface area contributed by atoms with E-state index in [4.69, 9.17) is 5.73 Å². The molecule has 11 heavy (non-hydrogen) atoms. The van der Waals surface area contributed by atoms with Crippen molar-refractivity contribution >= 4 is 0 Å². The summed E-state index contributed by atoms with van der Waals surface area (Å²) in [5, 5.41) is 0. The molecule has 0 bridgehead atoms. The smallest absolute Gasteiger partial charge is 0.0400 e. The number of nitrogens with two attached hydrogens (primary N) is 1. The molecule has 2 nitrogen and oxygen atoms in total. The minimum absolute atomic E-state index is 0.709. The fraction of sp³-hybridized carbons (Fsp3) is 0.333. The third-order valence-corrected chi connectivity index (χ3v) is 1.65. The van der Waals surface area contributed by atoms with Crippen LogP contribution in [0.4, 0.5) is 0 Å². The van der Waals surface area contributed by atoms with Crippen molar-refractivity contribution in [1.29, 1.82) is 0 Å². The zero-order valence-electron chi connectivity index (χ0n) is 6.66. The van der Waals surface area contributed by atoms with Crippen LogP contribution in [-0.2, 0) is 13.0 Å². The van der Waals surface area contributed by atoms with Crippen LogP contribution in [0.2, 0.25) is 0 Å². The number of hydrogen-bond acceptors (Lipinski definition) is 1. The lowest BCUT2D eigenvalue weighted by Crippen LogP contribution is -2.07. The van der Waals surface area contributed by atoms with Crippen LogP contribution in [0, 0.1) is 0 Å². The summed E-state index contributed by atoms with van der Waals surface area (Å²) in [5.74, 6) is 0. The van der Waals surface area contributed by atoms with Crippen LogP contribution >= 0.6 is 0 Å². The standard InChI is InChI=1S/C9H14N2/c1-2-7-11-8-3-4-9(11)5-6-10/h2-4,8H,1,5-7,10H2. The second-order valence-electron chi connectivity index (χ2n) is 2.48. The van der Waals surface area contributed by atoms with Crippen molar-refractivity contribution < 1.29 is 0 Å². The first-order valence-electron chi connectivity index (χ1n) is 3.83. The maximum atomic E-state index is 5.45. The lowest BCUT2D eigenvalue weighted by atomic mass is 10.3. The van der Waals surface area contributed by atoms with Gasteiger partial charge in [-0.3, -0.25) is 0 Å². The molecular weight excluding hydrogens is 136 g/mol. The highest BCUT2D eigenvalue weighted by atomic mass is 15.0. The Labute approximate surface area is 67.3 Å². The van der Waals surface area contributed by atoms with Crippen molar-refractivity contribution in [2.75, 3.05) is 6.54 Å². The van der Waals surface area contributed by atoms with Crippen molar-refractivity contribution in [1.82, 2.24) is 4.57 Å². The van der Waals surface area contributed by atoms with Crippen LogP contribution in [0.15, 0.2) is 31.0 Å². The molecule has 0 spiro atoms. The zero-order valence-corrected chi connectivity index (χ0v) is 6.66. The topological polar surface area (TPSA) is 30.9 Å². The highest BCUT2D eigenvalue weighted by molar-refractivity contribution is 5.08. The molecule has 0 radical (unpaired) electrons. The summed E-state index contributed by atoms with van der Waals surface area (Å²) in [5.41, 5.74) is 6.73. The SMILES string of the molecule is C=CCn1cccc1CCN. The van der Waals surface area contributed by atoms with Crippen LogP contribution < -0.4 is 5.73 Å². The van der Waals surface area contributed by atoms with Gasteiger partial charge in [0.05, 0.1) is 0 Å². The Morgan fingerprint density at radius 1 is 1.64 bits per heavy atom. The summed E-state index contributed by atoms with van der Waals surface area (Å²) in [6.07, 6.45) is 4.88. The minimum atomic E-state index is 0.709. The van der Waals surface area contributed by atoms with Crippen molar-refractivity contribution in [2.45, 2.75) is 13.0 Å². The van der Waals surface area contributed by atoms with Crippen LogP contribution in [0.25, 0.3) is 0 Å². The molecule has 0 aromatic carbocycles. The summed E-state index contributed by atoms with van der Waals surface area (Å²) in [6, 6.07) is 4.13. The maximum Gasteiger partial charge on any atom is 0.0400 e. The zero-order chi connectivity index (χ0) is 8.10. The molecule has 0 amide bonds. The summed E-state index contributed by atoms with van der Waals surface area (Å²) < 4.78 is 2.15. The Kier molecular flexibility index (Phi) is 2.93. The lowest BCUT2D eigenvalue weighted by molar-refractivity contribution is 0.752. The molecular formula is C9H14N2. The summed E-state index contributed by atoms with van der Waals surface area (Å²) in [7, 11) is 0. The van der Waals surface area contributed by atoms with Gasteiger partial charge in [-0.1, -0.05) is 6.08 Å². The largest absolute Gasteiger partial charge is 0.348 e. The van der Waals surface area contributed by atoms with E-state index in [0.717, 1.165) is 13.0 Å². The lowest BCUT2D eigenvalue weighted by Gasteiger charge is -2.03. The molecule has 2 N–H and O–H groups in total. The predicted octanol–water partition coefficient (Wildman–Crippen LogP) is 1.18. The fourth-order valence-corrected chi connectivity index (χ4v) is 1.14. The minimum Gasteiger partial charge on any atom is -0.348 e. The van der Waals surface area contributed by atoms with Crippen LogP contribution in [0.5, 0.6) is 0 Å². The highest BCUT2D eigenvalue weighted by Gasteiger charge is 1.95. The maximum absolute atomic E-state index is 5.45. The monoisotopic (exact) mass is 150 g/mol. The van der Waals surface area contributed by atoms with Crippen LogP contribution in [0.1, 0.15) is 5.69 Å². The molecule has 0 aliphatic rings. The van der Waals surface area contributed by atoms with Gasteiger partial charge in [0, 0.05) is 18.4 Å². The van der Waals surface area contributed by atoms with Crippen molar-refractivity contribution in [3.8, 4) is 0 Å². The third kappa shape index (κ3) is 1.95. The Morgan fingerprint density at radius 3 is 3.09 bits per heavy atom. The van der Waals surface area contributed by atoms with Crippen LogP contribution in [0.3, 0.4) is 0 Å². The molecule has 0 aliphatic carbocycles. The van der Waals surface area contributed by atoms with E-state index < -0.39 is 0 Å². The van der Waals surface area contributed by atoms with Crippen molar-refractivity contribution in [3.05, 3.63) is 36.7 Å².